The maximum absolute atomic E-state index is 12.8. The molecule has 4 rings (SSSR count). The molecule has 2 aromatic carbocycles. The van der Waals surface area contributed by atoms with Gasteiger partial charge in [-0.25, -0.2) is 8.42 Å². The van der Waals surface area contributed by atoms with E-state index >= 15 is 0 Å². The van der Waals surface area contributed by atoms with Gasteiger partial charge in [0.25, 0.3) is 5.89 Å². The zero-order chi connectivity index (χ0) is 19.7. The molecule has 8 heteroatoms. The number of piperidine rings is 1. The average Bonchev–Trinajstić information content (AvgIpc) is 3.18. The number of hydrogen-bond donors (Lipinski definition) is 0. The van der Waals surface area contributed by atoms with E-state index in [1.807, 2.05) is 31.2 Å². The highest BCUT2D eigenvalue weighted by molar-refractivity contribution is 7.89. The lowest BCUT2D eigenvalue weighted by Gasteiger charge is -2.29. The van der Waals surface area contributed by atoms with Gasteiger partial charge in [0, 0.05) is 29.6 Å². The van der Waals surface area contributed by atoms with Crippen molar-refractivity contribution in [2.45, 2.75) is 30.6 Å². The molecule has 0 atom stereocenters. The molecule has 0 bridgehead atoms. The number of hydrogen-bond acceptors (Lipinski definition) is 5. The molecule has 146 valence electrons. The first-order valence-corrected chi connectivity index (χ1v) is 10.9. The second-order valence-electron chi connectivity index (χ2n) is 6.96. The third-order valence-electron chi connectivity index (χ3n) is 4.96. The van der Waals surface area contributed by atoms with E-state index < -0.39 is 10.0 Å². The van der Waals surface area contributed by atoms with E-state index in [9.17, 15) is 8.42 Å². The number of sulfonamides is 1. The van der Waals surface area contributed by atoms with Crippen LogP contribution in [0, 0.1) is 6.92 Å². The van der Waals surface area contributed by atoms with Gasteiger partial charge in [-0.05, 0) is 50.1 Å². The van der Waals surface area contributed by atoms with Gasteiger partial charge >= 0.3 is 0 Å². The Morgan fingerprint density at radius 2 is 1.86 bits per heavy atom. The van der Waals surface area contributed by atoms with Gasteiger partial charge in [-0.1, -0.05) is 40.5 Å². The highest BCUT2D eigenvalue weighted by Gasteiger charge is 2.32. The molecule has 6 nitrogen and oxygen atoms in total. The van der Waals surface area contributed by atoms with E-state index in [2.05, 4.69) is 10.1 Å². The van der Waals surface area contributed by atoms with Crippen LogP contribution in [0.5, 0.6) is 0 Å². The Balaban J connectivity index is 1.46. The van der Waals surface area contributed by atoms with Crippen molar-refractivity contribution in [3.05, 3.63) is 64.9 Å². The number of aryl methyl sites for hydroxylation is 1. The maximum Gasteiger partial charge on any atom is 0.257 e. The third kappa shape index (κ3) is 3.83. The van der Waals surface area contributed by atoms with Crippen LogP contribution in [0.1, 0.15) is 30.1 Å². The molecular formula is C20H20ClN3O3S. The summed E-state index contributed by atoms with van der Waals surface area (Å²) in [6.45, 7) is 2.83. The molecule has 0 radical (unpaired) electrons. The molecular weight excluding hydrogens is 398 g/mol. The van der Waals surface area contributed by atoms with Crippen LogP contribution in [0.2, 0.25) is 5.02 Å². The third-order valence-corrected chi connectivity index (χ3v) is 7.09. The second-order valence-corrected chi connectivity index (χ2v) is 9.34. The van der Waals surface area contributed by atoms with Gasteiger partial charge in [-0.3, -0.25) is 0 Å². The lowest BCUT2D eigenvalue weighted by Crippen LogP contribution is -2.38. The Kier molecular flexibility index (Phi) is 5.23. The van der Waals surface area contributed by atoms with Crippen molar-refractivity contribution in [3.63, 3.8) is 0 Å². The van der Waals surface area contributed by atoms with Gasteiger partial charge in [-0.2, -0.15) is 9.29 Å². The topological polar surface area (TPSA) is 76.3 Å². The summed E-state index contributed by atoms with van der Waals surface area (Å²) < 4.78 is 32.6. The summed E-state index contributed by atoms with van der Waals surface area (Å²) in [5, 5.41) is 4.54. The number of nitrogens with zero attached hydrogens (tertiary/aromatic N) is 3. The van der Waals surface area contributed by atoms with Crippen LogP contribution in [-0.4, -0.2) is 36.0 Å². The summed E-state index contributed by atoms with van der Waals surface area (Å²) in [6.07, 6.45) is 1.29. The van der Waals surface area contributed by atoms with Crippen molar-refractivity contribution < 1.29 is 12.9 Å². The van der Waals surface area contributed by atoms with E-state index in [0.717, 1.165) is 11.1 Å². The van der Waals surface area contributed by atoms with E-state index in [1.165, 1.54) is 10.4 Å². The van der Waals surface area contributed by atoms with Gasteiger partial charge in [0.15, 0.2) is 5.82 Å². The van der Waals surface area contributed by atoms with Gasteiger partial charge in [0.05, 0.1) is 4.90 Å². The molecule has 0 saturated carbocycles. The van der Waals surface area contributed by atoms with Crippen molar-refractivity contribution in [1.82, 2.24) is 14.4 Å². The van der Waals surface area contributed by atoms with Crippen LogP contribution in [-0.2, 0) is 10.0 Å². The molecule has 0 unspecified atom stereocenters. The van der Waals surface area contributed by atoms with E-state index in [-0.39, 0.29) is 10.8 Å². The second kappa shape index (κ2) is 7.66. The van der Waals surface area contributed by atoms with Gasteiger partial charge in [0.2, 0.25) is 10.0 Å². The monoisotopic (exact) mass is 417 g/mol. The molecule has 0 aliphatic carbocycles. The fourth-order valence-corrected chi connectivity index (χ4v) is 5.20. The van der Waals surface area contributed by atoms with Crippen molar-refractivity contribution in [3.8, 4) is 11.5 Å². The standard InChI is InChI=1S/C20H20ClN3O3S/c1-14-4-2-5-16(12-14)20-22-19(23-27-20)15-8-10-24(11-9-15)28(25,26)18-7-3-6-17(21)13-18/h2-7,12-13,15H,8-11H2,1H3. The quantitative estimate of drug-likeness (QED) is 0.633. The average molecular weight is 418 g/mol. The molecule has 1 saturated heterocycles. The predicted molar refractivity (Wildman–Crippen MR) is 107 cm³/mol. The van der Waals surface area contributed by atoms with Crippen LogP contribution in [0.25, 0.3) is 11.5 Å². The van der Waals surface area contributed by atoms with Crippen molar-refractivity contribution in [2.75, 3.05) is 13.1 Å². The zero-order valence-corrected chi connectivity index (χ0v) is 16.9. The van der Waals surface area contributed by atoms with Gasteiger partial charge in [0.1, 0.15) is 0 Å². The summed E-state index contributed by atoms with van der Waals surface area (Å²) in [6, 6.07) is 14.3. The Bertz CT molecular complexity index is 1090. The highest BCUT2D eigenvalue weighted by atomic mass is 35.5. The summed E-state index contributed by atoms with van der Waals surface area (Å²) in [5.74, 6) is 1.21. The normalized spacial score (nSPS) is 16.4. The number of benzene rings is 2. The number of halogens is 1. The molecule has 0 spiro atoms. The van der Waals surface area contributed by atoms with Gasteiger partial charge < -0.3 is 4.52 Å². The fraction of sp³-hybridized carbons (Fsp3) is 0.300. The summed E-state index contributed by atoms with van der Waals surface area (Å²) >= 11 is 5.95. The number of aromatic nitrogens is 2. The zero-order valence-electron chi connectivity index (χ0n) is 15.4. The Hall–Kier alpha value is -2.22. The van der Waals surface area contributed by atoms with Crippen molar-refractivity contribution in [2.24, 2.45) is 0 Å². The van der Waals surface area contributed by atoms with E-state index in [1.54, 1.807) is 18.2 Å². The van der Waals surface area contributed by atoms with Crippen LogP contribution in [0.4, 0.5) is 0 Å². The minimum Gasteiger partial charge on any atom is -0.334 e. The molecule has 1 aliphatic rings. The lowest BCUT2D eigenvalue weighted by molar-refractivity contribution is 0.307. The molecule has 0 N–H and O–H groups in total. The molecule has 28 heavy (non-hydrogen) atoms. The molecule has 1 fully saturated rings. The Labute approximate surface area is 169 Å². The van der Waals surface area contributed by atoms with Crippen LogP contribution in [0.15, 0.2) is 57.9 Å². The maximum atomic E-state index is 12.8. The van der Waals surface area contributed by atoms with Crippen molar-refractivity contribution in [1.29, 1.82) is 0 Å². The predicted octanol–water partition coefficient (Wildman–Crippen LogP) is 4.27. The molecule has 3 aromatic rings. The molecule has 2 heterocycles. The smallest absolute Gasteiger partial charge is 0.257 e. The molecule has 1 aromatic heterocycles. The molecule has 0 amide bonds. The van der Waals surface area contributed by atoms with E-state index in [0.29, 0.717) is 42.7 Å². The summed E-state index contributed by atoms with van der Waals surface area (Å²) in [7, 11) is -3.55. The minimum absolute atomic E-state index is 0.0770. The number of rotatable bonds is 4. The summed E-state index contributed by atoms with van der Waals surface area (Å²) in [4.78, 5) is 4.76. The lowest BCUT2D eigenvalue weighted by atomic mass is 9.97. The fourth-order valence-electron chi connectivity index (χ4n) is 3.43. The van der Waals surface area contributed by atoms with Crippen LogP contribution in [0.3, 0.4) is 0 Å². The van der Waals surface area contributed by atoms with Crippen molar-refractivity contribution >= 4 is 21.6 Å². The SMILES string of the molecule is Cc1cccc(-c2nc(C3CCN(S(=O)(=O)c4cccc(Cl)c4)CC3)no2)c1. The molecule has 1 aliphatic heterocycles. The first-order valence-electron chi connectivity index (χ1n) is 9.10. The van der Waals surface area contributed by atoms with E-state index in [4.69, 9.17) is 16.1 Å². The van der Waals surface area contributed by atoms with Crippen LogP contribution >= 0.6 is 11.6 Å². The largest absolute Gasteiger partial charge is 0.334 e. The minimum atomic E-state index is -3.55. The first kappa shape index (κ1) is 19.1. The highest BCUT2D eigenvalue weighted by Crippen LogP contribution is 2.31. The summed E-state index contributed by atoms with van der Waals surface area (Å²) in [5.41, 5.74) is 2.01. The van der Waals surface area contributed by atoms with Gasteiger partial charge in [-0.15, -0.1) is 0 Å². The first-order chi connectivity index (χ1) is 13.4. The van der Waals surface area contributed by atoms with Crippen LogP contribution < -0.4 is 0 Å². The Morgan fingerprint density at radius 1 is 1.11 bits per heavy atom. The Morgan fingerprint density at radius 3 is 2.57 bits per heavy atom.